The van der Waals surface area contributed by atoms with Gasteiger partial charge in [0, 0.05) is 44.1 Å². The fourth-order valence-corrected chi connectivity index (χ4v) is 4.12. The second kappa shape index (κ2) is 8.04. The van der Waals surface area contributed by atoms with Crippen molar-refractivity contribution in [2.75, 3.05) is 52.6 Å². The Balaban J connectivity index is 1.70. The number of aromatic nitrogens is 2. The van der Waals surface area contributed by atoms with E-state index in [0.717, 1.165) is 48.2 Å². The quantitative estimate of drug-likeness (QED) is 0.715. The average molecular weight is 364 g/mol. The Morgan fingerprint density at radius 1 is 0.885 bits per heavy atom. The van der Waals surface area contributed by atoms with Crippen molar-refractivity contribution in [2.24, 2.45) is 0 Å². The van der Waals surface area contributed by atoms with Gasteiger partial charge < -0.3 is 19.4 Å². The number of nitrogens with zero attached hydrogens (tertiary/aromatic N) is 4. The third kappa shape index (κ3) is 3.64. The molecule has 0 saturated carbocycles. The third-order valence-electron chi connectivity index (χ3n) is 5.68. The normalized spacial score (nSPS) is 22.3. The predicted octanol–water partition coefficient (Wildman–Crippen LogP) is 0.292. The lowest BCUT2D eigenvalue weighted by atomic mass is 9.99. The Labute approximate surface area is 153 Å². The summed E-state index contributed by atoms with van der Waals surface area (Å²) in [7, 11) is 0. The highest BCUT2D eigenvalue weighted by Gasteiger charge is 2.31. The van der Waals surface area contributed by atoms with E-state index in [2.05, 4.69) is 9.80 Å². The molecular formula is C18H28N4O4. The minimum absolute atomic E-state index is 0.516. The lowest BCUT2D eigenvalue weighted by molar-refractivity contribution is -0.519. The third-order valence-corrected chi connectivity index (χ3v) is 5.68. The molecule has 0 amide bonds. The number of hydrogen-bond acceptors (Lipinski definition) is 6. The van der Waals surface area contributed by atoms with Gasteiger partial charge in [-0.2, -0.15) is 0 Å². The zero-order chi connectivity index (χ0) is 17.9. The summed E-state index contributed by atoms with van der Waals surface area (Å²) in [6.07, 6.45) is 3.37. The monoisotopic (exact) mass is 364 g/mol. The van der Waals surface area contributed by atoms with Gasteiger partial charge in [0.05, 0.1) is 43.1 Å². The molecule has 4 rings (SSSR count). The number of fused-ring (bicyclic) bond motifs is 1. The van der Waals surface area contributed by atoms with Gasteiger partial charge in [0.25, 0.3) is 11.4 Å². The molecule has 2 saturated heterocycles. The van der Waals surface area contributed by atoms with E-state index in [-0.39, 0.29) is 0 Å². The van der Waals surface area contributed by atoms with Crippen molar-refractivity contribution in [3.8, 4) is 0 Å². The van der Waals surface area contributed by atoms with Gasteiger partial charge in [-0.3, -0.25) is 9.80 Å². The zero-order valence-electron chi connectivity index (χ0n) is 15.3. The summed E-state index contributed by atoms with van der Waals surface area (Å²) in [5, 5.41) is 13.2. The fraction of sp³-hybridized carbons (Fsp3) is 0.778. The van der Waals surface area contributed by atoms with E-state index in [9.17, 15) is 10.1 Å². The molecule has 8 heteroatoms. The van der Waals surface area contributed by atoms with Crippen LogP contribution in [0.5, 0.6) is 0 Å². The summed E-state index contributed by atoms with van der Waals surface area (Å²) in [5.41, 5.74) is 2.60. The van der Waals surface area contributed by atoms with Crippen LogP contribution >= 0.6 is 0 Å². The number of rotatable bonds is 4. The molecule has 1 aliphatic carbocycles. The summed E-state index contributed by atoms with van der Waals surface area (Å²) >= 11 is 0. The highest BCUT2D eigenvalue weighted by atomic mass is 16.5. The minimum Gasteiger partial charge on any atom is -0.805 e. The molecule has 0 unspecified atom stereocenters. The molecule has 0 spiro atoms. The van der Waals surface area contributed by atoms with Crippen LogP contribution in [-0.2, 0) is 35.4 Å². The van der Waals surface area contributed by atoms with Crippen molar-refractivity contribution >= 4 is 0 Å². The highest BCUT2D eigenvalue weighted by molar-refractivity contribution is 5.21. The topological polar surface area (TPSA) is 75.9 Å². The van der Waals surface area contributed by atoms with Crippen LogP contribution < -0.4 is 4.43 Å². The lowest BCUT2D eigenvalue weighted by Crippen LogP contribution is -2.44. The second-order valence-electron chi connectivity index (χ2n) is 7.36. The lowest BCUT2D eigenvalue weighted by Gasteiger charge is -2.32. The Hall–Kier alpha value is -1.48. The summed E-state index contributed by atoms with van der Waals surface area (Å²) in [6, 6.07) is 0. The molecule has 1 aromatic rings. The van der Waals surface area contributed by atoms with Crippen LogP contribution in [0.4, 0.5) is 0 Å². The van der Waals surface area contributed by atoms with Crippen LogP contribution in [0.3, 0.4) is 0 Å². The first-order valence-electron chi connectivity index (χ1n) is 9.73. The van der Waals surface area contributed by atoms with Crippen molar-refractivity contribution in [3.63, 3.8) is 0 Å². The SMILES string of the molecule is O=[n+]1c2c(n([O-])c(CN3CCOCC3)c1CN1CCOCC1)CCCC2. The Morgan fingerprint density at radius 3 is 2.12 bits per heavy atom. The predicted molar refractivity (Wildman–Crippen MR) is 95.4 cm³/mol. The zero-order valence-corrected chi connectivity index (χ0v) is 15.3. The van der Waals surface area contributed by atoms with Crippen molar-refractivity contribution in [1.29, 1.82) is 0 Å². The second-order valence-corrected chi connectivity index (χ2v) is 7.36. The van der Waals surface area contributed by atoms with Crippen LogP contribution in [0.25, 0.3) is 0 Å². The molecule has 2 fully saturated rings. The van der Waals surface area contributed by atoms with E-state index in [4.69, 9.17) is 9.47 Å². The molecule has 26 heavy (non-hydrogen) atoms. The van der Waals surface area contributed by atoms with Crippen molar-refractivity contribution in [3.05, 3.63) is 32.9 Å². The molecule has 3 heterocycles. The van der Waals surface area contributed by atoms with Crippen molar-refractivity contribution < 1.29 is 13.9 Å². The molecular weight excluding hydrogens is 336 g/mol. The number of ether oxygens (including phenoxy) is 2. The smallest absolute Gasteiger partial charge is 0.274 e. The first kappa shape index (κ1) is 17.9. The van der Waals surface area contributed by atoms with E-state index in [1.54, 1.807) is 0 Å². The first-order chi connectivity index (χ1) is 12.7. The van der Waals surface area contributed by atoms with Gasteiger partial charge >= 0.3 is 0 Å². The molecule has 0 bridgehead atoms. The first-order valence-corrected chi connectivity index (χ1v) is 9.73. The van der Waals surface area contributed by atoms with E-state index >= 15 is 0 Å². The molecule has 144 valence electrons. The van der Waals surface area contributed by atoms with Crippen LogP contribution in [0.15, 0.2) is 0 Å². The fourth-order valence-electron chi connectivity index (χ4n) is 4.12. The summed E-state index contributed by atoms with van der Waals surface area (Å²) in [5.74, 6) is 0. The molecule has 3 aliphatic rings. The van der Waals surface area contributed by atoms with Gasteiger partial charge in [-0.15, -0.1) is 0 Å². The molecule has 0 N–H and O–H groups in total. The van der Waals surface area contributed by atoms with E-state index in [1.165, 1.54) is 0 Å². The minimum atomic E-state index is 0.516. The van der Waals surface area contributed by atoms with E-state index < -0.39 is 0 Å². The van der Waals surface area contributed by atoms with Crippen molar-refractivity contribution in [2.45, 2.75) is 38.8 Å². The van der Waals surface area contributed by atoms with Crippen LogP contribution in [0.2, 0.25) is 0 Å². The molecule has 8 nitrogen and oxygen atoms in total. The summed E-state index contributed by atoms with van der Waals surface area (Å²) < 4.78 is 13.0. The molecule has 0 aromatic carbocycles. The standard InChI is InChI=1S/C18H28N4O4/c23-21-15-3-1-2-4-16(15)22(24)18(14-20-7-11-26-12-8-20)17(21)13-19-5-9-25-10-6-19/h1-14H2. The average Bonchev–Trinajstić information content (AvgIpc) is 2.70. The summed E-state index contributed by atoms with van der Waals surface area (Å²) in [4.78, 5) is 17.6. The number of hydrogen-bond donors (Lipinski definition) is 0. The van der Waals surface area contributed by atoms with Gasteiger partial charge in [-0.25, -0.2) is 0 Å². The molecule has 2 aliphatic heterocycles. The van der Waals surface area contributed by atoms with E-state index in [0.29, 0.717) is 75.1 Å². The van der Waals surface area contributed by atoms with Gasteiger partial charge in [-0.05, 0) is 19.3 Å². The van der Waals surface area contributed by atoms with Gasteiger partial charge in [0.15, 0.2) is 0 Å². The van der Waals surface area contributed by atoms with Gasteiger partial charge in [0.1, 0.15) is 5.69 Å². The van der Waals surface area contributed by atoms with Crippen LogP contribution in [0.1, 0.15) is 35.6 Å². The summed E-state index contributed by atoms with van der Waals surface area (Å²) in [6.45, 7) is 6.95. The number of morpholine rings is 2. The van der Waals surface area contributed by atoms with E-state index in [1.807, 2.05) is 0 Å². The maximum atomic E-state index is 13.2. The van der Waals surface area contributed by atoms with Crippen LogP contribution in [0, 0.1) is 10.1 Å². The van der Waals surface area contributed by atoms with Gasteiger partial charge in [-0.1, -0.05) is 0 Å². The maximum Gasteiger partial charge on any atom is 0.274 e. The van der Waals surface area contributed by atoms with Crippen molar-refractivity contribution in [1.82, 2.24) is 14.5 Å². The maximum absolute atomic E-state index is 13.2. The molecule has 0 radical (unpaired) electrons. The Kier molecular flexibility index (Phi) is 5.54. The Morgan fingerprint density at radius 2 is 1.46 bits per heavy atom. The van der Waals surface area contributed by atoms with Gasteiger partial charge in [0.2, 0.25) is 0 Å². The highest BCUT2D eigenvalue weighted by Crippen LogP contribution is 2.22. The van der Waals surface area contributed by atoms with Crippen LogP contribution in [-0.4, -0.2) is 67.1 Å². The molecule has 0 atom stereocenters. The Bertz CT molecular complexity index is 693. The largest absolute Gasteiger partial charge is 0.805 e. The molecule has 1 aromatic heterocycles.